The second kappa shape index (κ2) is 4.59. The van der Waals surface area contributed by atoms with Gasteiger partial charge < -0.3 is 9.47 Å². The molecule has 2 aliphatic rings. The summed E-state index contributed by atoms with van der Waals surface area (Å²) < 4.78 is 12.1. The molecule has 4 heteroatoms. The van der Waals surface area contributed by atoms with Gasteiger partial charge in [0.2, 0.25) is 0 Å². The second-order valence-corrected chi connectivity index (χ2v) is 7.49. The maximum Gasteiger partial charge on any atom is 0.140 e. The highest BCUT2D eigenvalue weighted by Crippen LogP contribution is 2.52. The van der Waals surface area contributed by atoms with E-state index in [1.807, 2.05) is 36.4 Å². The molecule has 0 atom stereocenters. The molecule has 0 aromatic heterocycles. The molecule has 0 saturated heterocycles. The SMILES string of the molecule is N#Cc1cc2c3c(c1)Oc1ccccc1P3c1ccccc1O2. The van der Waals surface area contributed by atoms with Gasteiger partial charge in [-0.15, -0.1) is 0 Å². The van der Waals surface area contributed by atoms with Gasteiger partial charge in [0.1, 0.15) is 23.0 Å². The molecule has 108 valence electrons. The lowest BCUT2D eigenvalue weighted by Gasteiger charge is -2.34. The first kappa shape index (κ1) is 12.7. The molecule has 3 aromatic carbocycles. The van der Waals surface area contributed by atoms with Crippen LogP contribution in [0.5, 0.6) is 23.0 Å². The molecule has 0 amide bonds. The summed E-state index contributed by atoms with van der Waals surface area (Å²) in [6.45, 7) is 0. The molecule has 0 aliphatic carbocycles. The van der Waals surface area contributed by atoms with Crippen molar-refractivity contribution in [2.24, 2.45) is 0 Å². The Hall–Kier alpha value is -2.82. The zero-order valence-corrected chi connectivity index (χ0v) is 12.9. The number of fused-ring (bicyclic) bond motifs is 4. The molecule has 0 fully saturated rings. The van der Waals surface area contributed by atoms with Gasteiger partial charge in [-0.3, -0.25) is 0 Å². The number of nitriles is 1. The number of para-hydroxylation sites is 2. The fraction of sp³-hybridized carbons (Fsp3) is 0. The fourth-order valence-corrected chi connectivity index (χ4v) is 5.64. The topological polar surface area (TPSA) is 42.2 Å². The van der Waals surface area contributed by atoms with E-state index in [0.717, 1.165) is 28.3 Å². The predicted molar refractivity (Wildman–Crippen MR) is 90.0 cm³/mol. The lowest BCUT2D eigenvalue weighted by molar-refractivity contribution is 0.466. The standard InChI is InChI=1S/C19H10NO2P/c20-11-12-9-15-19-16(10-12)22-14-6-2-4-8-18(14)23(19)17-7-3-1-5-13(17)21-15/h1-10H. The Labute approximate surface area is 134 Å². The van der Waals surface area contributed by atoms with Crippen molar-refractivity contribution in [3.05, 3.63) is 66.2 Å². The number of ether oxygens (including phenoxy) is 2. The van der Waals surface area contributed by atoms with Crippen molar-refractivity contribution in [2.75, 3.05) is 0 Å². The van der Waals surface area contributed by atoms with Crippen LogP contribution in [0.4, 0.5) is 0 Å². The smallest absolute Gasteiger partial charge is 0.140 e. The van der Waals surface area contributed by atoms with Crippen LogP contribution in [0.3, 0.4) is 0 Å². The van der Waals surface area contributed by atoms with Crippen LogP contribution in [0, 0.1) is 11.3 Å². The summed E-state index contributed by atoms with van der Waals surface area (Å²) in [5.74, 6) is 3.20. The third kappa shape index (κ3) is 1.73. The van der Waals surface area contributed by atoms with Gasteiger partial charge in [0.05, 0.1) is 16.9 Å². The van der Waals surface area contributed by atoms with E-state index in [4.69, 9.17) is 9.47 Å². The van der Waals surface area contributed by atoms with Crippen LogP contribution >= 0.6 is 7.92 Å². The minimum Gasteiger partial charge on any atom is -0.456 e. The highest BCUT2D eigenvalue weighted by Gasteiger charge is 2.36. The molecule has 2 heterocycles. The van der Waals surface area contributed by atoms with E-state index in [1.54, 1.807) is 12.1 Å². The molecule has 5 rings (SSSR count). The summed E-state index contributed by atoms with van der Waals surface area (Å²) in [7, 11) is -0.728. The van der Waals surface area contributed by atoms with E-state index in [-0.39, 0.29) is 0 Å². The van der Waals surface area contributed by atoms with Crippen LogP contribution < -0.4 is 25.4 Å². The first-order valence-corrected chi connectivity index (χ1v) is 8.61. The summed E-state index contributed by atoms with van der Waals surface area (Å²) in [6.07, 6.45) is 0. The Morgan fingerprint density at radius 2 is 1.26 bits per heavy atom. The van der Waals surface area contributed by atoms with Crippen LogP contribution in [0.2, 0.25) is 0 Å². The van der Waals surface area contributed by atoms with Crippen molar-refractivity contribution >= 4 is 23.8 Å². The van der Waals surface area contributed by atoms with Crippen molar-refractivity contribution < 1.29 is 9.47 Å². The molecule has 3 nitrogen and oxygen atoms in total. The Bertz CT molecular complexity index is 936. The zero-order valence-electron chi connectivity index (χ0n) is 12.0. The molecule has 0 spiro atoms. The Balaban J connectivity index is 1.87. The van der Waals surface area contributed by atoms with Gasteiger partial charge in [0.15, 0.2) is 0 Å². The fourth-order valence-electron chi connectivity index (χ4n) is 3.09. The summed E-state index contributed by atoms with van der Waals surface area (Å²) in [5, 5.41) is 12.7. The van der Waals surface area contributed by atoms with Gasteiger partial charge in [-0.25, -0.2) is 0 Å². The molecule has 2 aliphatic heterocycles. The molecule has 0 saturated carbocycles. The normalized spacial score (nSPS) is 13.7. The van der Waals surface area contributed by atoms with Gasteiger partial charge in [-0.05, 0) is 24.3 Å². The van der Waals surface area contributed by atoms with Crippen LogP contribution in [0.1, 0.15) is 5.56 Å². The minimum atomic E-state index is -0.728. The molecule has 23 heavy (non-hydrogen) atoms. The molecule has 0 unspecified atom stereocenters. The Morgan fingerprint density at radius 1 is 0.739 bits per heavy atom. The third-order valence-corrected chi connectivity index (χ3v) is 6.64. The molecule has 0 bridgehead atoms. The van der Waals surface area contributed by atoms with E-state index >= 15 is 0 Å². The Morgan fingerprint density at radius 3 is 1.78 bits per heavy atom. The first-order chi connectivity index (χ1) is 11.3. The summed E-state index contributed by atoms with van der Waals surface area (Å²) in [4.78, 5) is 0. The molecular formula is C19H10NO2P. The number of hydrogen-bond donors (Lipinski definition) is 0. The van der Waals surface area contributed by atoms with Gasteiger partial charge in [0.25, 0.3) is 0 Å². The van der Waals surface area contributed by atoms with Gasteiger partial charge in [0, 0.05) is 18.5 Å². The number of benzene rings is 3. The molecule has 0 radical (unpaired) electrons. The van der Waals surface area contributed by atoms with Crippen molar-refractivity contribution in [1.29, 1.82) is 5.26 Å². The quantitative estimate of drug-likeness (QED) is 0.411. The number of rotatable bonds is 0. The molecule has 3 aromatic rings. The highest BCUT2D eigenvalue weighted by molar-refractivity contribution is 7.80. The number of nitrogens with zero attached hydrogens (tertiary/aromatic N) is 1. The molecular weight excluding hydrogens is 305 g/mol. The first-order valence-electron chi connectivity index (χ1n) is 7.27. The van der Waals surface area contributed by atoms with E-state index < -0.39 is 7.92 Å². The van der Waals surface area contributed by atoms with Crippen LogP contribution in [0.15, 0.2) is 60.7 Å². The average Bonchev–Trinajstić information content (AvgIpc) is 2.61. The second-order valence-electron chi connectivity index (χ2n) is 5.41. The van der Waals surface area contributed by atoms with E-state index in [2.05, 4.69) is 18.2 Å². The van der Waals surface area contributed by atoms with Crippen molar-refractivity contribution in [3.8, 4) is 29.1 Å². The maximum absolute atomic E-state index is 9.28. The summed E-state index contributed by atoms with van der Waals surface area (Å²) >= 11 is 0. The van der Waals surface area contributed by atoms with Crippen LogP contribution in [0.25, 0.3) is 0 Å². The van der Waals surface area contributed by atoms with Crippen molar-refractivity contribution in [1.82, 2.24) is 0 Å². The van der Waals surface area contributed by atoms with Crippen molar-refractivity contribution in [3.63, 3.8) is 0 Å². The molecule has 0 N–H and O–H groups in total. The number of hydrogen-bond acceptors (Lipinski definition) is 3. The van der Waals surface area contributed by atoms with Crippen LogP contribution in [-0.2, 0) is 0 Å². The van der Waals surface area contributed by atoms with Crippen LogP contribution in [-0.4, -0.2) is 0 Å². The zero-order chi connectivity index (χ0) is 15.4. The summed E-state index contributed by atoms with van der Waals surface area (Å²) in [6, 6.07) is 22.0. The van der Waals surface area contributed by atoms with E-state index in [0.29, 0.717) is 5.56 Å². The average molecular weight is 315 g/mol. The maximum atomic E-state index is 9.28. The Kier molecular flexibility index (Phi) is 2.53. The third-order valence-electron chi connectivity index (χ3n) is 4.04. The highest BCUT2D eigenvalue weighted by atomic mass is 31.1. The lowest BCUT2D eigenvalue weighted by Crippen LogP contribution is -2.31. The van der Waals surface area contributed by atoms with Gasteiger partial charge in [-0.2, -0.15) is 5.26 Å². The van der Waals surface area contributed by atoms with Gasteiger partial charge >= 0.3 is 0 Å². The van der Waals surface area contributed by atoms with E-state index in [9.17, 15) is 5.26 Å². The predicted octanol–water partition coefficient (Wildman–Crippen LogP) is 3.53. The monoisotopic (exact) mass is 315 g/mol. The largest absolute Gasteiger partial charge is 0.456 e. The van der Waals surface area contributed by atoms with Crippen molar-refractivity contribution in [2.45, 2.75) is 0 Å². The minimum absolute atomic E-state index is 0.549. The lowest BCUT2D eigenvalue weighted by atomic mass is 10.2. The van der Waals surface area contributed by atoms with E-state index in [1.165, 1.54) is 10.6 Å². The van der Waals surface area contributed by atoms with Gasteiger partial charge in [-0.1, -0.05) is 36.4 Å². The summed E-state index contributed by atoms with van der Waals surface area (Å²) in [5.41, 5.74) is 0.549.